The van der Waals surface area contributed by atoms with E-state index in [-0.39, 0.29) is 5.52 Å². The summed E-state index contributed by atoms with van der Waals surface area (Å²) in [5.74, 6) is 0. The molecular formula is C10H12BrNO3. The first kappa shape index (κ1) is 12.0. The summed E-state index contributed by atoms with van der Waals surface area (Å²) in [6.07, 6.45) is -0.439. The lowest BCUT2D eigenvalue weighted by Crippen LogP contribution is -2.31. The summed E-state index contributed by atoms with van der Waals surface area (Å²) in [5, 5.41) is 9.68. The van der Waals surface area contributed by atoms with Crippen LogP contribution in [0.2, 0.25) is 0 Å². The normalized spacial score (nSPS) is 9.93. The molecule has 0 saturated carbocycles. The van der Waals surface area contributed by atoms with E-state index in [0.29, 0.717) is 13.0 Å². The number of benzene rings is 1. The minimum absolute atomic E-state index is 0.175. The predicted octanol–water partition coefficient (Wildman–Crippen LogP) is 2.49. The van der Waals surface area contributed by atoms with Gasteiger partial charge in [0, 0.05) is 0 Å². The van der Waals surface area contributed by atoms with E-state index in [2.05, 4.69) is 15.9 Å². The van der Waals surface area contributed by atoms with Gasteiger partial charge in [-0.05, 0) is 12.0 Å². The van der Waals surface area contributed by atoms with Crippen molar-refractivity contribution in [3.63, 3.8) is 0 Å². The van der Waals surface area contributed by atoms with Crippen LogP contribution in [0.5, 0.6) is 0 Å². The van der Waals surface area contributed by atoms with Crippen molar-refractivity contribution in [1.29, 1.82) is 0 Å². The zero-order valence-electron chi connectivity index (χ0n) is 8.10. The van der Waals surface area contributed by atoms with Crippen molar-refractivity contribution in [2.24, 2.45) is 0 Å². The molecule has 0 aliphatic carbocycles. The summed E-state index contributed by atoms with van der Waals surface area (Å²) in [4.78, 5) is 15.6. The summed E-state index contributed by atoms with van der Waals surface area (Å²) < 4.78 is 0. The van der Waals surface area contributed by atoms with E-state index in [1.807, 2.05) is 30.3 Å². The highest BCUT2D eigenvalue weighted by Gasteiger charge is 2.11. The van der Waals surface area contributed by atoms with E-state index in [1.54, 1.807) is 0 Å². The third-order valence-electron chi connectivity index (χ3n) is 1.86. The van der Waals surface area contributed by atoms with E-state index in [1.165, 1.54) is 0 Å². The maximum Gasteiger partial charge on any atom is 0.431 e. The molecule has 0 heterocycles. The van der Waals surface area contributed by atoms with Gasteiger partial charge in [-0.2, -0.15) is 5.06 Å². The molecule has 0 bridgehead atoms. The van der Waals surface area contributed by atoms with Gasteiger partial charge in [0.1, 0.15) is 5.52 Å². The van der Waals surface area contributed by atoms with Crippen molar-refractivity contribution in [2.45, 2.75) is 6.42 Å². The number of hydrogen-bond acceptors (Lipinski definition) is 2. The zero-order chi connectivity index (χ0) is 11.1. The highest BCUT2D eigenvalue weighted by atomic mass is 79.9. The Kier molecular flexibility index (Phi) is 5.14. The highest BCUT2D eigenvalue weighted by Crippen LogP contribution is 2.03. The Morgan fingerprint density at radius 3 is 2.60 bits per heavy atom. The lowest BCUT2D eigenvalue weighted by Gasteiger charge is -2.16. The number of alkyl halides is 1. The lowest BCUT2D eigenvalue weighted by atomic mass is 10.1. The van der Waals surface area contributed by atoms with Crippen molar-refractivity contribution >= 4 is 22.0 Å². The van der Waals surface area contributed by atoms with Crippen LogP contribution < -0.4 is 0 Å². The summed E-state index contributed by atoms with van der Waals surface area (Å²) in [6.45, 7) is 0.324. The van der Waals surface area contributed by atoms with Crippen molar-refractivity contribution < 1.29 is 14.7 Å². The van der Waals surface area contributed by atoms with Gasteiger partial charge >= 0.3 is 6.09 Å². The Hall–Kier alpha value is -1.07. The summed E-state index contributed by atoms with van der Waals surface area (Å²) >= 11 is 3.02. The average Bonchev–Trinajstić information content (AvgIpc) is 2.25. The van der Waals surface area contributed by atoms with Gasteiger partial charge in [-0.15, -0.1) is 0 Å². The first-order valence-corrected chi connectivity index (χ1v) is 5.59. The molecule has 0 spiro atoms. The van der Waals surface area contributed by atoms with Gasteiger partial charge in [-0.1, -0.05) is 46.3 Å². The van der Waals surface area contributed by atoms with E-state index < -0.39 is 6.09 Å². The zero-order valence-corrected chi connectivity index (χ0v) is 9.68. The van der Waals surface area contributed by atoms with Crippen LogP contribution in [0.3, 0.4) is 0 Å². The third-order valence-corrected chi connectivity index (χ3v) is 2.07. The van der Waals surface area contributed by atoms with Gasteiger partial charge in [-0.25, -0.2) is 4.79 Å². The molecule has 15 heavy (non-hydrogen) atoms. The molecule has 1 amide bonds. The van der Waals surface area contributed by atoms with Crippen molar-refractivity contribution in [2.75, 3.05) is 12.1 Å². The topological polar surface area (TPSA) is 49.8 Å². The van der Waals surface area contributed by atoms with Crippen LogP contribution in [-0.4, -0.2) is 28.3 Å². The second-order valence-electron chi connectivity index (χ2n) is 2.86. The molecule has 0 saturated heterocycles. The van der Waals surface area contributed by atoms with E-state index in [0.717, 1.165) is 10.6 Å². The minimum Gasteiger partial charge on any atom is -0.463 e. The molecule has 1 aromatic rings. The third kappa shape index (κ3) is 4.31. The number of nitrogens with zero attached hydrogens (tertiary/aromatic N) is 1. The number of hydrogen-bond donors (Lipinski definition) is 1. The van der Waals surface area contributed by atoms with E-state index in [4.69, 9.17) is 9.94 Å². The van der Waals surface area contributed by atoms with Crippen LogP contribution in [0.1, 0.15) is 5.56 Å². The van der Waals surface area contributed by atoms with Crippen LogP contribution in [-0.2, 0) is 11.3 Å². The Morgan fingerprint density at radius 2 is 2.07 bits per heavy atom. The molecule has 0 radical (unpaired) electrons. The molecule has 0 fully saturated rings. The Bertz CT molecular complexity index is 305. The Morgan fingerprint density at radius 1 is 1.40 bits per heavy atom. The SMILES string of the molecule is O=C(O)N(CCc1ccccc1)OCBr. The average molecular weight is 274 g/mol. The van der Waals surface area contributed by atoms with Gasteiger partial charge in [0.25, 0.3) is 0 Å². The molecule has 0 aromatic heterocycles. The minimum atomic E-state index is -1.08. The molecule has 82 valence electrons. The quantitative estimate of drug-likeness (QED) is 0.663. The fourth-order valence-corrected chi connectivity index (χ4v) is 1.40. The summed E-state index contributed by atoms with van der Waals surface area (Å²) in [5.41, 5.74) is 1.26. The van der Waals surface area contributed by atoms with Crippen LogP contribution in [0.25, 0.3) is 0 Å². The van der Waals surface area contributed by atoms with Crippen LogP contribution >= 0.6 is 15.9 Å². The molecule has 0 unspecified atom stereocenters. The summed E-state index contributed by atoms with van der Waals surface area (Å²) in [7, 11) is 0. The molecule has 1 N–H and O–H groups in total. The van der Waals surface area contributed by atoms with E-state index >= 15 is 0 Å². The van der Waals surface area contributed by atoms with Crippen LogP contribution in [0.4, 0.5) is 4.79 Å². The van der Waals surface area contributed by atoms with Crippen molar-refractivity contribution in [3.8, 4) is 0 Å². The lowest BCUT2D eigenvalue weighted by molar-refractivity contribution is -0.107. The first-order valence-electron chi connectivity index (χ1n) is 4.47. The maximum atomic E-state index is 10.7. The standard InChI is InChI=1S/C10H12BrNO3/c11-8-15-12(10(13)14)7-6-9-4-2-1-3-5-9/h1-5H,6-8H2,(H,13,14). The highest BCUT2D eigenvalue weighted by molar-refractivity contribution is 9.09. The Balaban J connectivity index is 2.43. The molecule has 5 heteroatoms. The van der Waals surface area contributed by atoms with Gasteiger partial charge in [0.15, 0.2) is 0 Å². The molecule has 0 aliphatic rings. The number of carbonyl (C=O) groups is 1. The smallest absolute Gasteiger partial charge is 0.431 e. The van der Waals surface area contributed by atoms with Crippen LogP contribution in [0, 0.1) is 0 Å². The molecule has 0 aliphatic heterocycles. The molecule has 1 rings (SSSR count). The number of amides is 1. The molecule has 0 atom stereocenters. The fourth-order valence-electron chi connectivity index (χ4n) is 1.15. The van der Waals surface area contributed by atoms with Gasteiger partial charge in [0.2, 0.25) is 0 Å². The number of rotatable bonds is 5. The van der Waals surface area contributed by atoms with Gasteiger partial charge in [0.05, 0.1) is 6.54 Å². The number of carboxylic acid groups (broad SMARTS) is 1. The van der Waals surface area contributed by atoms with Crippen molar-refractivity contribution in [1.82, 2.24) is 5.06 Å². The van der Waals surface area contributed by atoms with Crippen molar-refractivity contribution in [3.05, 3.63) is 35.9 Å². The van der Waals surface area contributed by atoms with Gasteiger partial charge in [-0.3, -0.25) is 4.84 Å². The van der Waals surface area contributed by atoms with Crippen LogP contribution in [0.15, 0.2) is 30.3 Å². The molecular weight excluding hydrogens is 262 g/mol. The number of halogens is 1. The second kappa shape index (κ2) is 6.42. The monoisotopic (exact) mass is 273 g/mol. The fraction of sp³-hybridized carbons (Fsp3) is 0.300. The van der Waals surface area contributed by atoms with Gasteiger partial charge < -0.3 is 5.11 Å². The maximum absolute atomic E-state index is 10.7. The molecule has 1 aromatic carbocycles. The second-order valence-corrected chi connectivity index (χ2v) is 3.32. The molecule has 4 nitrogen and oxygen atoms in total. The first-order chi connectivity index (χ1) is 7.24. The van der Waals surface area contributed by atoms with E-state index in [9.17, 15) is 4.79 Å². The summed E-state index contributed by atoms with van der Waals surface area (Å²) in [6, 6.07) is 9.67. The largest absolute Gasteiger partial charge is 0.463 e. The number of hydroxylamine groups is 2. The Labute approximate surface area is 96.5 Å². The predicted molar refractivity (Wildman–Crippen MR) is 59.8 cm³/mol.